The second-order valence-corrected chi connectivity index (χ2v) is 6.07. The van der Waals surface area contributed by atoms with Crippen LogP contribution in [0.1, 0.15) is 31.4 Å². The van der Waals surface area contributed by atoms with Gasteiger partial charge in [0, 0.05) is 28.7 Å². The van der Waals surface area contributed by atoms with Gasteiger partial charge in [-0.1, -0.05) is 11.6 Å². The Balaban J connectivity index is 1.83. The van der Waals surface area contributed by atoms with Crippen LogP contribution in [0, 0.1) is 0 Å². The minimum Gasteiger partial charge on any atom is -0.394 e. The number of benzene rings is 1. The van der Waals surface area contributed by atoms with Crippen LogP contribution in [0.25, 0.3) is 0 Å². The highest BCUT2D eigenvalue weighted by Crippen LogP contribution is 2.40. The molecular weight excluding hydrogens is 300 g/mol. The van der Waals surface area contributed by atoms with Gasteiger partial charge in [-0.3, -0.25) is 0 Å². The zero-order valence-corrected chi connectivity index (χ0v) is 13.1. The first-order valence-corrected chi connectivity index (χ1v) is 7.81. The molecule has 1 aliphatic rings. The summed E-state index contributed by atoms with van der Waals surface area (Å²) in [6.45, 7) is 1.93. The maximum absolute atomic E-state index is 9.17. The lowest BCUT2D eigenvalue weighted by Crippen LogP contribution is -2.21. The van der Waals surface area contributed by atoms with E-state index in [4.69, 9.17) is 11.6 Å². The summed E-state index contributed by atoms with van der Waals surface area (Å²) in [4.78, 5) is 9.02. The summed E-state index contributed by atoms with van der Waals surface area (Å²) in [5.41, 5.74) is 1.96. The van der Waals surface area contributed by atoms with E-state index in [1.54, 1.807) is 0 Å². The molecule has 3 rings (SSSR count). The summed E-state index contributed by atoms with van der Waals surface area (Å²) in [5, 5.41) is 16.3. The molecule has 1 fully saturated rings. The van der Waals surface area contributed by atoms with Crippen molar-refractivity contribution in [1.82, 2.24) is 9.97 Å². The van der Waals surface area contributed by atoms with Gasteiger partial charge in [0.2, 0.25) is 5.95 Å². The summed E-state index contributed by atoms with van der Waals surface area (Å²) in [6.07, 6.45) is 2.35. The van der Waals surface area contributed by atoms with Gasteiger partial charge in [0.1, 0.15) is 5.82 Å². The number of rotatable bonds is 6. The van der Waals surface area contributed by atoms with E-state index in [1.807, 2.05) is 37.3 Å². The predicted molar refractivity (Wildman–Crippen MR) is 88.9 cm³/mol. The number of nitrogens with zero attached hydrogens (tertiary/aromatic N) is 2. The lowest BCUT2D eigenvalue weighted by atomic mass is 10.2. The molecule has 0 spiro atoms. The molecule has 0 amide bonds. The molecule has 2 aromatic rings. The Morgan fingerprint density at radius 2 is 2.00 bits per heavy atom. The maximum Gasteiger partial charge on any atom is 0.225 e. The summed E-state index contributed by atoms with van der Waals surface area (Å²) in [5.74, 6) is 1.81. The van der Waals surface area contributed by atoms with E-state index in [1.165, 1.54) is 12.8 Å². The molecule has 116 valence electrons. The van der Waals surface area contributed by atoms with Crippen molar-refractivity contribution in [3.63, 3.8) is 0 Å². The van der Waals surface area contributed by atoms with Crippen molar-refractivity contribution in [2.45, 2.75) is 31.7 Å². The van der Waals surface area contributed by atoms with E-state index >= 15 is 0 Å². The fraction of sp³-hybridized carbons (Fsp3) is 0.375. The average molecular weight is 319 g/mol. The fourth-order valence-electron chi connectivity index (χ4n) is 2.13. The van der Waals surface area contributed by atoms with E-state index in [9.17, 15) is 5.11 Å². The van der Waals surface area contributed by atoms with Crippen LogP contribution in [-0.4, -0.2) is 27.7 Å². The number of anilines is 3. The summed E-state index contributed by atoms with van der Waals surface area (Å²) >= 11 is 5.90. The first kappa shape index (κ1) is 15.1. The summed E-state index contributed by atoms with van der Waals surface area (Å²) < 4.78 is 0. The topological polar surface area (TPSA) is 70.1 Å². The number of aliphatic hydroxyl groups is 1. The molecule has 1 saturated carbocycles. The Morgan fingerprint density at radius 3 is 2.64 bits per heavy atom. The molecule has 0 unspecified atom stereocenters. The molecular formula is C16H19ClN4O. The van der Waals surface area contributed by atoms with Gasteiger partial charge in [0.25, 0.3) is 0 Å². The van der Waals surface area contributed by atoms with E-state index in [-0.39, 0.29) is 12.6 Å². The smallest absolute Gasteiger partial charge is 0.225 e. The molecule has 0 radical (unpaired) electrons. The summed E-state index contributed by atoms with van der Waals surface area (Å²) in [7, 11) is 0. The minimum absolute atomic E-state index is 0.0387. The van der Waals surface area contributed by atoms with Gasteiger partial charge < -0.3 is 15.7 Å². The number of hydrogen-bond donors (Lipinski definition) is 3. The number of halogens is 1. The monoisotopic (exact) mass is 318 g/mol. The Morgan fingerprint density at radius 1 is 1.27 bits per heavy atom. The van der Waals surface area contributed by atoms with Crippen molar-refractivity contribution >= 4 is 29.1 Å². The van der Waals surface area contributed by atoms with Gasteiger partial charge in [0.05, 0.1) is 12.3 Å². The molecule has 6 heteroatoms. The highest BCUT2D eigenvalue weighted by Gasteiger charge is 2.26. The predicted octanol–water partition coefficient (Wildman–Crippen LogP) is 3.54. The fourth-order valence-corrected chi connectivity index (χ4v) is 2.26. The molecule has 1 atom stereocenters. The first-order chi connectivity index (χ1) is 10.6. The van der Waals surface area contributed by atoms with Crippen LogP contribution < -0.4 is 10.6 Å². The van der Waals surface area contributed by atoms with Crippen molar-refractivity contribution in [3.05, 3.63) is 41.0 Å². The van der Waals surface area contributed by atoms with Gasteiger partial charge in [0.15, 0.2) is 0 Å². The lowest BCUT2D eigenvalue weighted by Gasteiger charge is -2.14. The standard InChI is InChI=1S/C16H19ClN4O/c1-10(9-22)18-16-20-14(11-2-3-11)8-15(21-16)19-13-6-4-12(17)5-7-13/h4-8,10-11,22H,2-3,9H2,1H3,(H2,18,19,20,21)/t10-/m1/s1. The number of aliphatic hydroxyl groups excluding tert-OH is 1. The van der Waals surface area contributed by atoms with E-state index in [2.05, 4.69) is 20.6 Å². The van der Waals surface area contributed by atoms with Gasteiger partial charge in [-0.25, -0.2) is 4.98 Å². The van der Waals surface area contributed by atoms with E-state index in [0.717, 1.165) is 17.2 Å². The van der Waals surface area contributed by atoms with E-state index in [0.29, 0.717) is 16.9 Å². The molecule has 22 heavy (non-hydrogen) atoms. The third-order valence-electron chi connectivity index (χ3n) is 3.51. The molecule has 1 heterocycles. The Hall–Kier alpha value is -1.85. The zero-order chi connectivity index (χ0) is 15.5. The Bertz CT molecular complexity index is 643. The third-order valence-corrected chi connectivity index (χ3v) is 3.76. The van der Waals surface area contributed by atoms with Crippen LogP contribution in [0.15, 0.2) is 30.3 Å². The molecule has 1 aliphatic carbocycles. The van der Waals surface area contributed by atoms with Gasteiger partial charge >= 0.3 is 0 Å². The largest absolute Gasteiger partial charge is 0.394 e. The Kier molecular flexibility index (Phi) is 4.45. The van der Waals surface area contributed by atoms with Crippen molar-refractivity contribution < 1.29 is 5.11 Å². The molecule has 1 aromatic heterocycles. The number of aromatic nitrogens is 2. The minimum atomic E-state index is -0.0853. The highest BCUT2D eigenvalue weighted by atomic mass is 35.5. The van der Waals surface area contributed by atoms with Crippen LogP contribution in [0.4, 0.5) is 17.5 Å². The van der Waals surface area contributed by atoms with Crippen LogP contribution >= 0.6 is 11.6 Å². The summed E-state index contributed by atoms with van der Waals surface area (Å²) in [6, 6.07) is 9.38. The van der Waals surface area contributed by atoms with Crippen LogP contribution in [0.3, 0.4) is 0 Å². The van der Waals surface area contributed by atoms with Crippen LogP contribution in [0.2, 0.25) is 5.02 Å². The molecule has 0 saturated heterocycles. The van der Waals surface area contributed by atoms with E-state index < -0.39 is 0 Å². The Labute approximate surface area is 134 Å². The highest BCUT2D eigenvalue weighted by molar-refractivity contribution is 6.30. The molecule has 5 nitrogen and oxygen atoms in total. The van der Waals surface area contributed by atoms with Crippen molar-refractivity contribution in [2.24, 2.45) is 0 Å². The van der Waals surface area contributed by atoms with Crippen LogP contribution in [-0.2, 0) is 0 Å². The van der Waals surface area contributed by atoms with Crippen molar-refractivity contribution in [1.29, 1.82) is 0 Å². The quantitative estimate of drug-likeness (QED) is 0.760. The van der Waals surface area contributed by atoms with Gasteiger partial charge in [-0.15, -0.1) is 0 Å². The van der Waals surface area contributed by atoms with Crippen LogP contribution in [0.5, 0.6) is 0 Å². The third kappa shape index (κ3) is 3.87. The average Bonchev–Trinajstić information content (AvgIpc) is 3.34. The maximum atomic E-state index is 9.17. The second kappa shape index (κ2) is 6.50. The van der Waals surface area contributed by atoms with Gasteiger partial charge in [-0.2, -0.15) is 4.98 Å². The SMILES string of the molecule is C[C@H](CO)Nc1nc(Nc2ccc(Cl)cc2)cc(C2CC2)n1. The molecule has 0 bridgehead atoms. The van der Waals surface area contributed by atoms with Gasteiger partial charge in [-0.05, 0) is 44.0 Å². The zero-order valence-electron chi connectivity index (χ0n) is 12.4. The lowest BCUT2D eigenvalue weighted by molar-refractivity contribution is 0.281. The molecule has 1 aromatic carbocycles. The number of nitrogens with one attached hydrogen (secondary N) is 2. The normalized spacial score (nSPS) is 15.4. The molecule has 0 aliphatic heterocycles. The van der Waals surface area contributed by atoms with Crippen molar-refractivity contribution in [3.8, 4) is 0 Å². The first-order valence-electron chi connectivity index (χ1n) is 7.43. The second-order valence-electron chi connectivity index (χ2n) is 5.64. The molecule has 3 N–H and O–H groups in total. The number of hydrogen-bond acceptors (Lipinski definition) is 5. The van der Waals surface area contributed by atoms with Crippen molar-refractivity contribution in [2.75, 3.05) is 17.2 Å².